The molecule has 1 aliphatic rings. The Labute approximate surface area is 224 Å². The summed E-state index contributed by atoms with van der Waals surface area (Å²) in [5, 5.41) is 3.45. The standard InChI is InChI=1S/C24H28BrCl2N3O4S/c1-16(24(32)28-20-8-3-4-9-20)29(14-17-6-5-7-18(25)12-17)23(31)15-30(35(2,33)34)22-13-19(26)10-11-21(22)27/h5-7,10-13,16,20H,3-4,8-9,14-15H2,1-2H3,(H,28,32)/t16-/m1/s1. The Balaban J connectivity index is 1.91. The summed E-state index contributed by atoms with van der Waals surface area (Å²) in [4.78, 5) is 28.1. The van der Waals surface area contributed by atoms with Crippen LogP contribution in [0.4, 0.5) is 5.69 Å². The van der Waals surface area contributed by atoms with Crippen molar-refractivity contribution in [2.75, 3.05) is 17.1 Å². The van der Waals surface area contributed by atoms with Gasteiger partial charge in [0.1, 0.15) is 12.6 Å². The van der Waals surface area contributed by atoms with Crippen LogP contribution in [-0.2, 0) is 26.2 Å². The molecule has 1 N–H and O–H groups in total. The highest BCUT2D eigenvalue weighted by atomic mass is 79.9. The van der Waals surface area contributed by atoms with Crippen LogP contribution in [0.1, 0.15) is 38.2 Å². The summed E-state index contributed by atoms with van der Waals surface area (Å²) < 4.78 is 27.1. The second kappa shape index (κ2) is 12.0. The van der Waals surface area contributed by atoms with Crippen molar-refractivity contribution in [3.05, 3.63) is 62.5 Å². The zero-order valence-corrected chi connectivity index (χ0v) is 23.4. The van der Waals surface area contributed by atoms with Gasteiger partial charge in [-0.3, -0.25) is 13.9 Å². The Morgan fingerprint density at radius 1 is 1.14 bits per heavy atom. The predicted molar refractivity (Wildman–Crippen MR) is 143 cm³/mol. The summed E-state index contributed by atoms with van der Waals surface area (Å²) in [5.41, 5.74) is 0.889. The molecule has 1 aliphatic carbocycles. The van der Waals surface area contributed by atoms with E-state index >= 15 is 0 Å². The molecule has 1 fully saturated rings. The maximum absolute atomic E-state index is 13.6. The monoisotopic (exact) mass is 603 g/mol. The molecule has 0 aromatic heterocycles. The third kappa shape index (κ3) is 7.59. The molecule has 3 rings (SSSR count). The van der Waals surface area contributed by atoms with Crippen LogP contribution in [0.2, 0.25) is 10.0 Å². The first kappa shape index (κ1) is 27.8. The molecule has 0 unspecified atom stereocenters. The van der Waals surface area contributed by atoms with Crippen LogP contribution in [0.25, 0.3) is 0 Å². The molecule has 2 amide bonds. The molecular weight excluding hydrogens is 577 g/mol. The number of rotatable bonds is 9. The number of carbonyl (C=O) groups is 2. The molecule has 7 nitrogen and oxygen atoms in total. The quantitative estimate of drug-likeness (QED) is 0.436. The number of amides is 2. The van der Waals surface area contributed by atoms with Crippen LogP contribution in [0.15, 0.2) is 46.9 Å². The van der Waals surface area contributed by atoms with Gasteiger partial charge in [0.25, 0.3) is 0 Å². The van der Waals surface area contributed by atoms with Crippen LogP contribution in [0.5, 0.6) is 0 Å². The first-order valence-corrected chi connectivity index (χ1v) is 14.6. The molecule has 1 saturated carbocycles. The molecule has 0 heterocycles. The van der Waals surface area contributed by atoms with Crippen molar-refractivity contribution in [2.24, 2.45) is 0 Å². The van der Waals surface area contributed by atoms with Crippen molar-refractivity contribution in [3.63, 3.8) is 0 Å². The van der Waals surface area contributed by atoms with Crippen LogP contribution in [0, 0.1) is 0 Å². The minimum Gasteiger partial charge on any atom is -0.352 e. The average molecular weight is 605 g/mol. The van der Waals surface area contributed by atoms with Crippen molar-refractivity contribution in [1.82, 2.24) is 10.2 Å². The van der Waals surface area contributed by atoms with Gasteiger partial charge in [-0.25, -0.2) is 8.42 Å². The number of hydrogen-bond acceptors (Lipinski definition) is 4. The molecule has 0 spiro atoms. The van der Waals surface area contributed by atoms with Crippen LogP contribution < -0.4 is 9.62 Å². The van der Waals surface area contributed by atoms with E-state index in [1.54, 1.807) is 6.92 Å². The normalized spacial score (nSPS) is 15.0. The van der Waals surface area contributed by atoms with E-state index in [1.165, 1.54) is 23.1 Å². The molecule has 11 heteroatoms. The zero-order valence-electron chi connectivity index (χ0n) is 19.5. The lowest BCUT2D eigenvalue weighted by atomic mass is 10.1. The molecule has 35 heavy (non-hydrogen) atoms. The minimum atomic E-state index is -3.90. The number of nitrogens with one attached hydrogen (secondary N) is 1. The topological polar surface area (TPSA) is 86.8 Å². The summed E-state index contributed by atoms with van der Waals surface area (Å²) >= 11 is 15.8. The highest BCUT2D eigenvalue weighted by Crippen LogP contribution is 2.31. The van der Waals surface area contributed by atoms with Gasteiger partial charge in [-0.15, -0.1) is 0 Å². The molecule has 0 saturated heterocycles. The number of anilines is 1. The Morgan fingerprint density at radius 2 is 1.83 bits per heavy atom. The molecule has 2 aromatic carbocycles. The Morgan fingerprint density at radius 3 is 2.46 bits per heavy atom. The number of nitrogens with zero attached hydrogens (tertiary/aromatic N) is 2. The zero-order chi connectivity index (χ0) is 25.8. The fourth-order valence-electron chi connectivity index (χ4n) is 4.08. The largest absolute Gasteiger partial charge is 0.352 e. The van der Waals surface area contributed by atoms with Crippen molar-refractivity contribution in [2.45, 2.75) is 51.2 Å². The van der Waals surface area contributed by atoms with Gasteiger partial charge in [-0.05, 0) is 55.7 Å². The van der Waals surface area contributed by atoms with Gasteiger partial charge < -0.3 is 10.2 Å². The Kier molecular flexibility index (Phi) is 9.48. The van der Waals surface area contributed by atoms with Gasteiger partial charge in [0.05, 0.1) is 17.0 Å². The van der Waals surface area contributed by atoms with E-state index in [0.717, 1.165) is 46.3 Å². The second-order valence-electron chi connectivity index (χ2n) is 8.68. The highest BCUT2D eigenvalue weighted by Gasteiger charge is 2.32. The third-order valence-corrected chi connectivity index (χ3v) is 8.14. The average Bonchev–Trinajstić information content (AvgIpc) is 3.29. The van der Waals surface area contributed by atoms with Crippen molar-refractivity contribution in [3.8, 4) is 0 Å². The number of halogens is 3. The van der Waals surface area contributed by atoms with Gasteiger partial charge >= 0.3 is 0 Å². The number of sulfonamides is 1. The fourth-order valence-corrected chi connectivity index (χ4v) is 5.81. The Hall–Kier alpha value is -1.81. The first-order chi connectivity index (χ1) is 16.5. The predicted octanol–water partition coefficient (Wildman–Crippen LogP) is 5.00. The van der Waals surface area contributed by atoms with E-state index in [4.69, 9.17) is 23.2 Å². The maximum Gasteiger partial charge on any atom is 0.244 e. The highest BCUT2D eigenvalue weighted by molar-refractivity contribution is 9.10. The first-order valence-electron chi connectivity index (χ1n) is 11.2. The van der Waals surface area contributed by atoms with E-state index in [1.807, 2.05) is 24.3 Å². The molecule has 190 valence electrons. The summed E-state index contributed by atoms with van der Waals surface area (Å²) in [6.45, 7) is 1.24. The van der Waals surface area contributed by atoms with Crippen molar-refractivity contribution >= 4 is 66.7 Å². The maximum atomic E-state index is 13.6. The van der Waals surface area contributed by atoms with Crippen molar-refractivity contribution in [1.29, 1.82) is 0 Å². The van der Waals surface area contributed by atoms with Gasteiger partial charge in [-0.1, -0.05) is 64.1 Å². The lowest BCUT2D eigenvalue weighted by molar-refractivity contribution is -0.139. The lowest BCUT2D eigenvalue weighted by Gasteiger charge is -2.32. The second-order valence-corrected chi connectivity index (χ2v) is 12.3. The van der Waals surface area contributed by atoms with E-state index in [9.17, 15) is 18.0 Å². The summed E-state index contributed by atoms with van der Waals surface area (Å²) in [7, 11) is -3.90. The van der Waals surface area contributed by atoms with E-state index < -0.39 is 28.5 Å². The van der Waals surface area contributed by atoms with Crippen LogP contribution >= 0.6 is 39.1 Å². The molecule has 0 aliphatic heterocycles. The molecule has 1 atom stereocenters. The number of carbonyl (C=O) groups excluding carboxylic acids is 2. The summed E-state index contributed by atoms with van der Waals surface area (Å²) in [5.74, 6) is -0.813. The van der Waals surface area contributed by atoms with E-state index in [0.29, 0.717) is 0 Å². The molecular formula is C24H28BrCl2N3O4S. The van der Waals surface area contributed by atoms with E-state index in [-0.39, 0.29) is 34.2 Å². The minimum absolute atomic E-state index is 0.0885. The summed E-state index contributed by atoms with van der Waals surface area (Å²) in [6, 6.07) is 11.1. The van der Waals surface area contributed by atoms with Gasteiger partial charge in [0, 0.05) is 22.1 Å². The smallest absolute Gasteiger partial charge is 0.244 e. The van der Waals surface area contributed by atoms with Gasteiger partial charge in [-0.2, -0.15) is 0 Å². The number of benzene rings is 2. The van der Waals surface area contributed by atoms with Crippen LogP contribution in [0.3, 0.4) is 0 Å². The molecule has 2 aromatic rings. The fraction of sp³-hybridized carbons (Fsp3) is 0.417. The van der Waals surface area contributed by atoms with Gasteiger partial charge in [0.15, 0.2) is 0 Å². The van der Waals surface area contributed by atoms with Gasteiger partial charge in [0.2, 0.25) is 21.8 Å². The summed E-state index contributed by atoms with van der Waals surface area (Å²) in [6.07, 6.45) is 4.93. The number of hydrogen-bond donors (Lipinski definition) is 1. The molecule has 0 bridgehead atoms. The Bertz CT molecular complexity index is 1190. The lowest BCUT2D eigenvalue weighted by Crippen LogP contribution is -2.52. The SMILES string of the molecule is C[C@H](C(=O)NC1CCCC1)N(Cc1cccc(Br)c1)C(=O)CN(c1cc(Cl)ccc1Cl)S(C)(=O)=O. The van der Waals surface area contributed by atoms with Crippen LogP contribution in [-0.4, -0.2) is 50.0 Å². The molecule has 0 radical (unpaired) electrons. The van der Waals surface area contributed by atoms with E-state index in [2.05, 4.69) is 21.2 Å². The third-order valence-electron chi connectivity index (χ3n) is 5.97. The van der Waals surface area contributed by atoms with Crippen molar-refractivity contribution < 1.29 is 18.0 Å².